The lowest BCUT2D eigenvalue weighted by molar-refractivity contribution is -0.00452. The van der Waals surface area contributed by atoms with Gasteiger partial charge >= 0.3 is 0 Å². The summed E-state index contributed by atoms with van der Waals surface area (Å²) in [6.45, 7) is 4.74. The summed E-state index contributed by atoms with van der Waals surface area (Å²) in [5.41, 5.74) is 4.96. The lowest BCUT2D eigenvalue weighted by Crippen LogP contribution is -2.43. The lowest BCUT2D eigenvalue weighted by atomic mass is 9.94. The molecular formula is C9H18N2OS. The van der Waals surface area contributed by atoms with E-state index in [0.717, 1.165) is 38.9 Å². The summed E-state index contributed by atoms with van der Waals surface area (Å²) in [5.74, 6) is 0. The predicted molar refractivity (Wildman–Crippen MR) is 57.7 cm³/mol. The Hall–Kier alpha value is -0.190. The number of hydrogen-bond donors (Lipinski definition) is 2. The smallest absolute Gasteiger partial charge is 0.0740 e. The molecule has 0 bridgehead atoms. The van der Waals surface area contributed by atoms with Gasteiger partial charge < -0.3 is 15.7 Å². The first-order chi connectivity index (χ1) is 5.99. The Morgan fingerprint density at radius 2 is 2.08 bits per heavy atom. The quantitative estimate of drug-likeness (QED) is 0.655. The van der Waals surface area contributed by atoms with Gasteiger partial charge in [-0.1, -0.05) is 12.2 Å². The molecule has 1 heterocycles. The molecular weight excluding hydrogens is 184 g/mol. The molecule has 76 valence electrons. The first-order valence-corrected chi connectivity index (χ1v) is 5.13. The number of rotatable bonds is 3. The van der Waals surface area contributed by atoms with Crippen LogP contribution in [0.25, 0.3) is 0 Å². The molecule has 0 aliphatic carbocycles. The van der Waals surface area contributed by atoms with Crippen LogP contribution in [0.5, 0.6) is 0 Å². The van der Waals surface area contributed by atoms with Crippen LogP contribution in [-0.2, 0) is 0 Å². The van der Waals surface area contributed by atoms with E-state index >= 15 is 0 Å². The monoisotopic (exact) mass is 202 g/mol. The Labute approximate surface area is 84.9 Å². The molecule has 0 saturated carbocycles. The van der Waals surface area contributed by atoms with Gasteiger partial charge in [0.25, 0.3) is 0 Å². The molecule has 1 aliphatic heterocycles. The summed E-state index contributed by atoms with van der Waals surface area (Å²) in [7, 11) is 0. The minimum Gasteiger partial charge on any atom is -0.393 e. The van der Waals surface area contributed by atoms with E-state index < -0.39 is 5.60 Å². The summed E-state index contributed by atoms with van der Waals surface area (Å²) >= 11 is 4.81. The third-order valence-corrected chi connectivity index (χ3v) is 2.81. The van der Waals surface area contributed by atoms with Crippen molar-refractivity contribution in [3.05, 3.63) is 0 Å². The van der Waals surface area contributed by atoms with Crippen molar-refractivity contribution in [2.75, 3.05) is 19.6 Å². The number of piperidine rings is 1. The van der Waals surface area contributed by atoms with E-state index in [4.69, 9.17) is 18.0 Å². The topological polar surface area (TPSA) is 49.5 Å². The van der Waals surface area contributed by atoms with Crippen LogP contribution >= 0.6 is 12.2 Å². The van der Waals surface area contributed by atoms with E-state index in [9.17, 15) is 5.11 Å². The Morgan fingerprint density at radius 1 is 1.54 bits per heavy atom. The maximum Gasteiger partial charge on any atom is 0.0740 e. The minimum absolute atomic E-state index is 0.459. The van der Waals surface area contributed by atoms with Crippen LogP contribution < -0.4 is 5.73 Å². The van der Waals surface area contributed by atoms with E-state index in [-0.39, 0.29) is 0 Å². The van der Waals surface area contributed by atoms with Crippen molar-refractivity contribution in [3.8, 4) is 0 Å². The van der Waals surface area contributed by atoms with Gasteiger partial charge in [-0.15, -0.1) is 0 Å². The van der Waals surface area contributed by atoms with E-state index in [0.29, 0.717) is 4.99 Å². The third-order valence-electron chi connectivity index (χ3n) is 2.61. The number of nitrogens with two attached hydrogens (primary N) is 1. The van der Waals surface area contributed by atoms with Gasteiger partial charge in [-0.2, -0.15) is 0 Å². The van der Waals surface area contributed by atoms with Crippen LogP contribution in [-0.4, -0.2) is 40.2 Å². The minimum atomic E-state index is -0.459. The van der Waals surface area contributed by atoms with E-state index in [1.807, 2.05) is 6.92 Å². The highest BCUT2D eigenvalue weighted by Gasteiger charge is 2.26. The van der Waals surface area contributed by atoms with Crippen LogP contribution in [0, 0.1) is 0 Å². The zero-order valence-corrected chi connectivity index (χ0v) is 8.94. The molecule has 1 aliphatic rings. The number of aliphatic hydroxyl groups is 1. The fourth-order valence-corrected chi connectivity index (χ4v) is 1.62. The maximum absolute atomic E-state index is 9.69. The maximum atomic E-state index is 9.69. The molecule has 0 unspecified atom stereocenters. The van der Waals surface area contributed by atoms with Crippen molar-refractivity contribution >= 4 is 17.2 Å². The van der Waals surface area contributed by atoms with Gasteiger partial charge in [0.2, 0.25) is 0 Å². The van der Waals surface area contributed by atoms with Crippen molar-refractivity contribution in [1.29, 1.82) is 0 Å². The molecule has 1 rings (SSSR count). The molecule has 0 aromatic carbocycles. The van der Waals surface area contributed by atoms with Gasteiger partial charge in [-0.05, 0) is 19.8 Å². The standard InChI is InChI=1S/C9H18N2OS/c1-9(12)3-6-11(7-4-9)5-2-8(10)13/h12H,2-7H2,1H3,(H2,10,13). The van der Waals surface area contributed by atoms with Crippen molar-refractivity contribution in [2.24, 2.45) is 5.73 Å². The Balaban J connectivity index is 2.21. The normalized spacial score (nSPS) is 22.9. The number of thiocarbonyl (C=S) groups is 1. The second kappa shape index (κ2) is 4.35. The van der Waals surface area contributed by atoms with Crippen LogP contribution in [0.4, 0.5) is 0 Å². The zero-order valence-electron chi connectivity index (χ0n) is 8.12. The van der Waals surface area contributed by atoms with Crippen molar-refractivity contribution in [1.82, 2.24) is 4.90 Å². The van der Waals surface area contributed by atoms with Gasteiger partial charge in [0, 0.05) is 26.1 Å². The molecule has 0 amide bonds. The van der Waals surface area contributed by atoms with Crippen LogP contribution in [0.3, 0.4) is 0 Å². The average Bonchev–Trinajstić information content (AvgIpc) is 2.02. The molecule has 0 spiro atoms. The van der Waals surface area contributed by atoms with E-state index in [1.54, 1.807) is 0 Å². The first kappa shape index (κ1) is 10.9. The first-order valence-electron chi connectivity index (χ1n) is 4.73. The van der Waals surface area contributed by atoms with Gasteiger partial charge in [-0.25, -0.2) is 0 Å². The largest absolute Gasteiger partial charge is 0.393 e. The van der Waals surface area contributed by atoms with Gasteiger partial charge in [0.15, 0.2) is 0 Å². The molecule has 1 fully saturated rings. The van der Waals surface area contributed by atoms with Gasteiger partial charge in [-0.3, -0.25) is 0 Å². The molecule has 1 saturated heterocycles. The summed E-state index contributed by atoms with van der Waals surface area (Å²) < 4.78 is 0. The summed E-state index contributed by atoms with van der Waals surface area (Å²) in [6, 6.07) is 0. The molecule has 0 aromatic heterocycles. The Morgan fingerprint density at radius 3 is 2.54 bits per heavy atom. The summed E-state index contributed by atoms with van der Waals surface area (Å²) in [4.78, 5) is 2.88. The SMILES string of the molecule is CC1(O)CCN(CCC(N)=S)CC1. The highest BCUT2D eigenvalue weighted by Crippen LogP contribution is 2.20. The van der Waals surface area contributed by atoms with Gasteiger partial charge in [0.1, 0.15) is 0 Å². The second-order valence-corrected chi connectivity index (χ2v) is 4.58. The predicted octanol–water partition coefficient (Wildman–Crippen LogP) is 0.509. The van der Waals surface area contributed by atoms with Crippen LogP contribution in [0.1, 0.15) is 26.2 Å². The highest BCUT2D eigenvalue weighted by molar-refractivity contribution is 7.80. The fourth-order valence-electron chi connectivity index (χ4n) is 1.53. The van der Waals surface area contributed by atoms with E-state index in [1.165, 1.54) is 0 Å². The number of nitrogens with zero attached hydrogens (tertiary/aromatic N) is 1. The average molecular weight is 202 g/mol. The van der Waals surface area contributed by atoms with Crippen LogP contribution in [0.2, 0.25) is 0 Å². The molecule has 3 N–H and O–H groups in total. The molecule has 0 radical (unpaired) electrons. The molecule has 4 heteroatoms. The number of hydrogen-bond acceptors (Lipinski definition) is 3. The molecule has 0 atom stereocenters. The second-order valence-electron chi connectivity index (χ2n) is 4.05. The summed E-state index contributed by atoms with van der Waals surface area (Å²) in [6.07, 6.45) is 2.49. The third kappa shape index (κ3) is 4.02. The van der Waals surface area contributed by atoms with Gasteiger partial charge in [0.05, 0.1) is 10.6 Å². The summed E-state index contributed by atoms with van der Waals surface area (Å²) in [5, 5.41) is 9.69. The van der Waals surface area contributed by atoms with Crippen molar-refractivity contribution in [2.45, 2.75) is 31.8 Å². The fraction of sp³-hybridized carbons (Fsp3) is 0.889. The highest BCUT2D eigenvalue weighted by atomic mass is 32.1. The van der Waals surface area contributed by atoms with E-state index in [2.05, 4.69) is 4.90 Å². The molecule has 13 heavy (non-hydrogen) atoms. The lowest BCUT2D eigenvalue weighted by Gasteiger charge is -2.35. The van der Waals surface area contributed by atoms with Crippen molar-refractivity contribution in [3.63, 3.8) is 0 Å². The Kier molecular flexibility index (Phi) is 3.64. The van der Waals surface area contributed by atoms with Crippen molar-refractivity contribution < 1.29 is 5.11 Å². The zero-order chi connectivity index (χ0) is 9.90. The number of likely N-dealkylation sites (tertiary alicyclic amines) is 1. The Bertz CT molecular complexity index is 184. The van der Waals surface area contributed by atoms with Crippen LogP contribution in [0.15, 0.2) is 0 Å². The molecule has 3 nitrogen and oxygen atoms in total. The molecule has 0 aromatic rings.